The lowest BCUT2D eigenvalue weighted by Crippen LogP contribution is -2.48. The first-order chi connectivity index (χ1) is 16.1. The van der Waals surface area contributed by atoms with Crippen LogP contribution in [-0.4, -0.2) is 54.7 Å². The average Bonchev–Trinajstić information content (AvgIpc) is 3.32. The summed E-state index contributed by atoms with van der Waals surface area (Å²) in [5.74, 6) is 1.19. The van der Waals surface area contributed by atoms with Crippen LogP contribution in [-0.2, 0) is 27.4 Å². The van der Waals surface area contributed by atoms with E-state index in [0.29, 0.717) is 54.2 Å². The van der Waals surface area contributed by atoms with Gasteiger partial charge in [-0.15, -0.1) is 0 Å². The van der Waals surface area contributed by atoms with E-state index < -0.39 is 17.1 Å². The summed E-state index contributed by atoms with van der Waals surface area (Å²) in [5, 5.41) is 6.14. The van der Waals surface area contributed by atoms with Gasteiger partial charge in [-0.25, -0.2) is 4.90 Å². The Kier molecular flexibility index (Phi) is 5.40. The minimum atomic E-state index is -0.784. The van der Waals surface area contributed by atoms with E-state index in [1.807, 2.05) is 48.5 Å². The summed E-state index contributed by atoms with van der Waals surface area (Å²) in [4.78, 5) is 17.7. The van der Waals surface area contributed by atoms with Gasteiger partial charge in [0.2, 0.25) is 0 Å². The standard InChI is InChI=1S/C23H21ClN4O4S/c24-18-7-5-16(6-8-18)21-20(9-10-23(31-32-23)27-11-13-33(29)14-12-27)30-22(26-21)28-19-4-2-1-3-17(19)15-25-28/h1-8,15H,9-14H2. The minimum Gasteiger partial charge on any atom is -0.616 e. The molecule has 2 fully saturated rings. The molecule has 0 atom stereocenters. The van der Waals surface area contributed by atoms with E-state index in [4.69, 9.17) is 30.8 Å². The molecule has 0 saturated carbocycles. The van der Waals surface area contributed by atoms with Gasteiger partial charge in [-0.05, 0) is 18.2 Å². The van der Waals surface area contributed by atoms with Crippen LogP contribution in [0.15, 0.2) is 59.1 Å². The average molecular weight is 485 g/mol. The third-order valence-corrected chi connectivity index (χ3v) is 7.59. The van der Waals surface area contributed by atoms with Crippen molar-refractivity contribution >= 4 is 33.7 Å². The van der Waals surface area contributed by atoms with Crippen molar-refractivity contribution in [3.05, 3.63) is 65.5 Å². The maximum atomic E-state index is 11.7. The molecule has 10 heteroatoms. The maximum Gasteiger partial charge on any atom is 0.324 e. The lowest BCUT2D eigenvalue weighted by molar-refractivity contribution is 0.0762. The summed E-state index contributed by atoms with van der Waals surface area (Å²) in [7, 11) is 0. The SMILES string of the molecule is [O-][S+]1CCN(C2(CCc3oc(-n4ncc5ccccc54)nc3-c3ccc(Cl)cc3)OO2)CC1. The van der Waals surface area contributed by atoms with Crippen LogP contribution in [0.2, 0.25) is 5.02 Å². The number of para-hydroxylation sites is 1. The van der Waals surface area contributed by atoms with Gasteiger partial charge >= 0.3 is 6.01 Å². The van der Waals surface area contributed by atoms with Crippen molar-refractivity contribution in [3.8, 4) is 17.3 Å². The van der Waals surface area contributed by atoms with Gasteiger partial charge in [0.25, 0.3) is 5.91 Å². The molecule has 170 valence electrons. The van der Waals surface area contributed by atoms with E-state index >= 15 is 0 Å². The molecular formula is C23H21ClN4O4S. The molecule has 2 aliphatic rings. The Bertz CT molecular complexity index is 1280. The van der Waals surface area contributed by atoms with E-state index in [-0.39, 0.29) is 0 Å². The van der Waals surface area contributed by atoms with E-state index in [9.17, 15) is 4.55 Å². The number of aromatic nitrogens is 3. The zero-order chi connectivity index (χ0) is 22.4. The molecule has 4 heterocycles. The first kappa shape index (κ1) is 21.2. The first-order valence-electron chi connectivity index (χ1n) is 10.8. The number of fused-ring (bicyclic) bond motifs is 1. The van der Waals surface area contributed by atoms with Crippen molar-refractivity contribution in [1.82, 2.24) is 19.7 Å². The van der Waals surface area contributed by atoms with Crippen LogP contribution in [0, 0.1) is 0 Å². The Morgan fingerprint density at radius 3 is 2.58 bits per heavy atom. The van der Waals surface area contributed by atoms with Crippen molar-refractivity contribution in [2.24, 2.45) is 0 Å². The summed E-state index contributed by atoms with van der Waals surface area (Å²) < 4.78 is 19.7. The maximum absolute atomic E-state index is 11.7. The largest absolute Gasteiger partial charge is 0.616 e. The molecule has 0 N–H and O–H groups in total. The molecule has 2 saturated heterocycles. The predicted octanol–water partition coefficient (Wildman–Crippen LogP) is 3.95. The van der Waals surface area contributed by atoms with Crippen LogP contribution >= 0.6 is 11.6 Å². The lowest BCUT2D eigenvalue weighted by atomic mass is 10.1. The molecular weight excluding hydrogens is 464 g/mol. The predicted molar refractivity (Wildman–Crippen MR) is 124 cm³/mol. The Morgan fingerprint density at radius 1 is 1.06 bits per heavy atom. The number of hydrogen-bond acceptors (Lipinski definition) is 7. The molecule has 33 heavy (non-hydrogen) atoms. The van der Waals surface area contributed by atoms with Gasteiger partial charge in [0.1, 0.15) is 23.0 Å². The van der Waals surface area contributed by atoms with Crippen LogP contribution in [0.4, 0.5) is 0 Å². The zero-order valence-electron chi connectivity index (χ0n) is 17.6. The molecule has 0 aliphatic carbocycles. The Morgan fingerprint density at radius 2 is 1.82 bits per heavy atom. The van der Waals surface area contributed by atoms with Crippen molar-refractivity contribution < 1.29 is 18.7 Å². The van der Waals surface area contributed by atoms with Crippen molar-refractivity contribution in [1.29, 1.82) is 0 Å². The van der Waals surface area contributed by atoms with Crippen LogP contribution in [0.25, 0.3) is 28.2 Å². The second-order valence-corrected chi connectivity index (χ2v) is 10.2. The van der Waals surface area contributed by atoms with Crippen LogP contribution in [0.5, 0.6) is 0 Å². The summed E-state index contributed by atoms with van der Waals surface area (Å²) in [6.45, 7) is 1.36. The number of rotatable bonds is 6. The molecule has 0 spiro atoms. The van der Waals surface area contributed by atoms with Gasteiger partial charge in [0.15, 0.2) is 0 Å². The quantitative estimate of drug-likeness (QED) is 0.232. The number of oxazole rings is 1. The van der Waals surface area contributed by atoms with Crippen molar-refractivity contribution in [2.45, 2.75) is 18.8 Å². The van der Waals surface area contributed by atoms with E-state index in [1.165, 1.54) is 0 Å². The van der Waals surface area contributed by atoms with Crippen LogP contribution < -0.4 is 0 Å². The van der Waals surface area contributed by atoms with Gasteiger partial charge in [-0.1, -0.05) is 53.1 Å². The minimum absolute atomic E-state index is 0.399. The number of nitrogens with zero attached hydrogens (tertiary/aromatic N) is 4. The van der Waals surface area contributed by atoms with E-state index in [2.05, 4.69) is 10.00 Å². The second kappa shape index (κ2) is 8.43. The normalized spacial score (nSPS) is 18.7. The topological polar surface area (TPSA) is 95.2 Å². The summed E-state index contributed by atoms with van der Waals surface area (Å²) in [6.07, 6.45) is 2.90. The van der Waals surface area contributed by atoms with Gasteiger partial charge in [0, 0.05) is 41.9 Å². The number of aryl methyl sites for hydroxylation is 1. The summed E-state index contributed by atoms with van der Waals surface area (Å²) in [6, 6.07) is 15.8. The number of benzene rings is 2. The molecule has 0 unspecified atom stereocenters. The molecule has 0 radical (unpaired) electrons. The van der Waals surface area contributed by atoms with Gasteiger partial charge in [0.05, 0.1) is 11.7 Å². The molecule has 4 aromatic rings. The molecule has 2 aromatic carbocycles. The van der Waals surface area contributed by atoms with E-state index in [1.54, 1.807) is 10.9 Å². The third-order valence-electron chi connectivity index (χ3n) is 6.07. The molecule has 2 aliphatic heterocycles. The molecule has 0 bridgehead atoms. The molecule has 0 amide bonds. The number of halogens is 1. The first-order valence-corrected chi connectivity index (χ1v) is 12.6. The second-order valence-electron chi connectivity index (χ2n) is 8.10. The van der Waals surface area contributed by atoms with Gasteiger partial charge < -0.3 is 8.97 Å². The lowest BCUT2D eigenvalue weighted by Gasteiger charge is -2.29. The fraction of sp³-hybridized carbons (Fsp3) is 0.304. The highest BCUT2D eigenvalue weighted by atomic mass is 35.5. The highest BCUT2D eigenvalue weighted by molar-refractivity contribution is 7.91. The fourth-order valence-electron chi connectivity index (χ4n) is 4.20. The number of hydrogen-bond donors (Lipinski definition) is 0. The van der Waals surface area contributed by atoms with Gasteiger partial charge in [-0.3, -0.25) is 0 Å². The third kappa shape index (κ3) is 4.05. The van der Waals surface area contributed by atoms with Crippen LogP contribution in [0.1, 0.15) is 12.2 Å². The summed E-state index contributed by atoms with van der Waals surface area (Å²) in [5.41, 5.74) is 2.55. The van der Waals surface area contributed by atoms with E-state index in [0.717, 1.165) is 22.2 Å². The Balaban J connectivity index is 1.32. The highest BCUT2D eigenvalue weighted by Crippen LogP contribution is 2.40. The van der Waals surface area contributed by atoms with Gasteiger partial charge in [-0.2, -0.15) is 24.5 Å². The zero-order valence-corrected chi connectivity index (χ0v) is 19.2. The Hall–Kier alpha value is -2.40. The molecule has 6 rings (SSSR count). The molecule has 2 aromatic heterocycles. The van der Waals surface area contributed by atoms with Crippen LogP contribution in [0.3, 0.4) is 0 Å². The van der Waals surface area contributed by atoms with Crippen molar-refractivity contribution in [3.63, 3.8) is 0 Å². The van der Waals surface area contributed by atoms with Crippen molar-refractivity contribution in [2.75, 3.05) is 24.6 Å². The highest BCUT2D eigenvalue weighted by Gasteiger charge is 2.55. The monoisotopic (exact) mass is 484 g/mol. The fourth-order valence-corrected chi connectivity index (χ4v) is 5.38. The summed E-state index contributed by atoms with van der Waals surface area (Å²) >= 11 is 5.33. The molecule has 8 nitrogen and oxygen atoms in total. The Labute approximate surface area is 198 Å². The smallest absolute Gasteiger partial charge is 0.324 e.